The van der Waals surface area contributed by atoms with Crippen LogP contribution in [0, 0.1) is 13.8 Å². The van der Waals surface area contributed by atoms with Crippen LogP contribution in [0.25, 0.3) is 5.69 Å². The van der Waals surface area contributed by atoms with Crippen LogP contribution in [0.1, 0.15) is 27.3 Å². The number of para-hydroxylation sites is 2. The number of nitrogens with zero attached hydrogens (tertiary/aromatic N) is 4. The SMILES string of the molecule is Cc1nn(-c2ccccc2)c(C)c1C(=O)N1CCN(C)c2ccccc2C1. The Kier molecular flexibility index (Phi) is 4.44. The summed E-state index contributed by atoms with van der Waals surface area (Å²) in [7, 11) is 2.08. The van der Waals surface area contributed by atoms with E-state index in [4.69, 9.17) is 0 Å². The van der Waals surface area contributed by atoms with Gasteiger partial charge in [0, 0.05) is 32.4 Å². The largest absolute Gasteiger partial charge is 0.373 e. The average Bonchev–Trinajstić information content (AvgIpc) is 2.88. The average molecular weight is 360 g/mol. The summed E-state index contributed by atoms with van der Waals surface area (Å²) in [6.07, 6.45) is 0. The van der Waals surface area contributed by atoms with E-state index >= 15 is 0 Å². The Morgan fingerprint density at radius 3 is 2.44 bits per heavy atom. The smallest absolute Gasteiger partial charge is 0.257 e. The molecular formula is C22H24N4O. The van der Waals surface area contributed by atoms with Crippen LogP contribution < -0.4 is 4.90 Å². The van der Waals surface area contributed by atoms with Crippen LogP contribution in [-0.2, 0) is 6.54 Å². The molecule has 0 spiro atoms. The number of hydrogen-bond donors (Lipinski definition) is 0. The summed E-state index contributed by atoms with van der Waals surface area (Å²) in [5, 5.41) is 4.64. The number of amides is 1. The van der Waals surface area contributed by atoms with E-state index in [2.05, 4.69) is 29.2 Å². The molecule has 0 radical (unpaired) electrons. The van der Waals surface area contributed by atoms with Gasteiger partial charge in [-0.05, 0) is 37.6 Å². The maximum Gasteiger partial charge on any atom is 0.257 e. The molecule has 0 N–H and O–H groups in total. The number of carbonyl (C=O) groups excluding carboxylic acids is 1. The third kappa shape index (κ3) is 3.10. The molecule has 2 heterocycles. The molecule has 5 nitrogen and oxygen atoms in total. The molecule has 27 heavy (non-hydrogen) atoms. The van der Waals surface area contributed by atoms with Gasteiger partial charge < -0.3 is 9.80 Å². The zero-order chi connectivity index (χ0) is 19.0. The number of hydrogen-bond acceptors (Lipinski definition) is 3. The molecule has 5 heteroatoms. The van der Waals surface area contributed by atoms with Crippen molar-refractivity contribution >= 4 is 11.6 Å². The highest BCUT2D eigenvalue weighted by Crippen LogP contribution is 2.26. The summed E-state index contributed by atoms with van der Waals surface area (Å²) in [5.41, 5.74) is 5.71. The van der Waals surface area contributed by atoms with E-state index in [1.165, 1.54) is 11.3 Å². The summed E-state index contributed by atoms with van der Waals surface area (Å²) >= 11 is 0. The van der Waals surface area contributed by atoms with Gasteiger partial charge in [0.15, 0.2) is 0 Å². The van der Waals surface area contributed by atoms with E-state index in [0.717, 1.165) is 23.6 Å². The molecule has 0 unspecified atom stereocenters. The summed E-state index contributed by atoms with van der Waals surface area (Å²) in [5.74, 6) is 0.0530. The van der Waals surface area contributed by atoms with Crippen LogP contribution in [0.2, 0.25) is 0 Å². The van der Waals surface area contributed by atoms with Gasteiger partial charge in [0.2, 0.25) is 0 Å². The van der Waals surface area contributed by atoms with Crippen molar-refractivity contribution in [1.82, 2.24) is 14.7 Å². The first kappa shape index (κ1) is 17.3. The molecule has 1 aromatic heterocycles. The summed E-state index contributed by atoms with van der Waals surface area (Å²) in [6.45, 7) is 6.01. The van der Waals surface area contributed by atoms with Crippen LogP contribution in [0.4, 0.5) is 5.69 Å². The molecule has 0 aliphatic carbocycles. The number of aromatic nitrogens is 2. The zero-order valence-corrected chi connectivity index (χ0v) is 16.0. The third-order valence-electron chi connectivity index (χ3n) is 5.26. The number of benzene rings is 2. The van der Waals surface area contributed by atoms with Gasteiger partial charge in [0.1, 0.15) is 0 Å². The van der Waals surface area contributed by atoms with Crippen LogP contribution >= 0.6 is 0 Å². The Morgan fingerprint density at radius 1 is 0.963 bits per heavy atom. The van der Waals surface area contributed by atoms with Crippen molar-refractivity contribution in [2.24, 2.45) is 0 Å². The van der Waals surface area contributed by atoms with Crippen LogP contribution in [-0.4, -0.2) is 40.7 Å². The molecule has 0 atom stereocenters. The van der Waals surface area contributed by atoms with E-state index in [-0.39, 0.29) is 5.91 Å². The molecule has 2 aromatic carbocycles. The lowest BCUT2D eigenvalue weighted by Crippen LogP contribution is -2.34. The molecule has 0 fully saturated rings. The molecule has 0 saturated carbocycles. The Hall–Kier alpha value is -3.08. The topological polar surface area (TPSA) is 41.4 Å². The Balaban J connectivity index is 1.69. The first-order chi connectivity index (χ1) is 13.1. The maximum absolute atomic E-state index is 13.4. The van der Waals surface area contributed by atoms with E-state index in [0.29, 0.717) is 18.7 Å². The third-order valence-corrected chi connectivity index (χ3v) is 5.26. The number of anilines is 1. The van der Waals surface area contributed by atoms with Gasteiger partial charge in [-0.3, -0.25) is 4.79 Å². The van der Waals surface area contributed by atoms with E-state index < -0.39 is 0 Å². The van der Waals surface area contributed by atoms with Gasteiger partial charge in [0.05, 0.1) is 22.6 Å². The monoisotopic (exact) mass is 360 g/mol. The molecule has 0 saturated heterocycles. The molecule has 4 rings (SSSR count). The zero-order valence-electron chi connectivity index (χ0n) is 16.0. The van der Waals surface area contributed by atoms with E-state index in [1.807, 2.05) is 65.9 Å². The van der Waals surface area contributed by atoms with Gasteiger partial charge in [-0.2, -0.15) is 5.10 Å². The summed E-state index contributed by atoms with van der Waals surface area (Å²) in [6, 6.07) is 18.2. The highest BCUT2D eigenvalue weighted by molar-refractivity contribution is 5.96. The fraction of sp³-hybridized carbons (Fsp3) is 0.273. The molecule has 1 aliphatic heterocycles. The van der Waals surface area contributed by atoms with E-state index in [9.17, 15) is 4.79 Å². The Morgan fingerprint density at radius 2 is 1.67 bits per heavy atom. The quantitative estimate of drug-likeness (QED) is 0.701. The minimum atomic E-state index is 0.0530. The second-order valence-corrected chi connectivity index (χ2v) is 7.07. The second-order valence-electron chi connectivity index (χ2n) is 7.07. The Labute approximate surface area is 159 Å². The molecule has 1 aliphatic rings. The van der Waals surface area contributed by atoms with Crippen molar-refractivity contribution in [2.75, 3.05) is 25.0 Å². The lowest BCUT2D eigenvalue weighted by Gasteiger charge is -2.21. The van der Waals surface area contributed by atoms with Crippen molar-refractivity contribution in [1.29, 1.82) is 0 Å². The second kappa shape index (κ2) is 6.91. The van der Waals surface area contributed by atoms with Crippen molar-refractivity contribution < 1.29 is 4.79 Å². The fourth-order valence-corrected chi connectivity index (χ4v) is 3.80. The maximum atomic E-state index is 13.4. The van der Waals surface area contributed by atoms with Gasteiger partial charge in [-0.25, -0.2) is 4.68 Å². The van der Waals surface area contributed by atoms with E-state index in [1.54, 1.807) is 0 Å². The van der Waals surface area contributed by atoms with Crippen molar-refractivity contribution in [3.63, 3.8) is 0 Å². The molecule has 3 aromatic rings. The fourth-order valence-electron chi connectivity index (χ4n) is 3.80. The molecule has 1 amide bonds. The minimum Gasteiger partial charge on any atom is -0.373 e. The van der Waals surface area contributed by atoms with Gasteiger partial charge >= 0.3 is 0 Å². The lowest BCUT2D eigenvalue weighted by atomic mass is 10.1. The number of carbonyl (C=O) groups is 1. The first-order valence-electron chi connectivity index (χ1n) is 9.26. The molecule has 0 bridgehead atoms. The van der Waals surface area contributed by atoms with Gasteiger partial charge in [-0.15, -0.1) is 0 Å². The predicted octanol–water partition coefficient (Wildman–Crippen LogP) is 3.58. The van der Waals surface area contributed by atoms with Gasteiger partial charge in [-0.1, -0.05) is 36.4 Å². The van der Waals surface area contributed by atoms with Crippen molar-refractivity contribution in [3.05, 3.63) is 77.1 Å². The van der Waals surface area contributed by atoms with Crippen molar-refractivity contribution in [2.45, 2.75) is 20.4 Å². The van der Waals surface area contributed by atoms with Crippen LogP contribution in [0.3, 0.4) is 0 Å². The standard InChI is InChI=1S/C22H24N4O/c1-16-21(17(2)26(23-16)19-10-5-4-6-11-19)22(27)25-14-13-24(3)20-12-8-7-9-18(20)15-25/h4-12H,13-15H2,1-3H3. The van der Waals surface area contributed by atoms with Crippen molar-refractivity contribution in [3.8, 4) is 5.69 Å². The van der Waals surface area contributed by atoms with Gasteiger partial charge in [0.25, 0.3) is 5.91 Å². The molecular weight excluding hydrogens is 336 g/mol. The Bertz CT molecular complexity index is 977. The minimum absolute atomic E-state index is 0.0530. The number of aryl methyl sites for hydroxylation is 1. The lowest BCUT2D eigenvalue weighted by molar-refractivity contribution is 0.0750. The number of likely N-dealkylation sites (N-methyl/N-ethyl adjacent to an activating group) is 1. The van der Waals surface area contributed by atoms with Crippen LogP contribution in [0.5, 0.6) is 0 Å². The van der Waals surface area contributed by atoms with Crippen LogP contribution in [0.15, 0.2) is 54.6 Å². The highest BCUT2D eigenvalue weighted by Gasteiger charge is 2.27. The first-order valence-corrected chi connectivity index (χ1v) is 9.26. The number of fused-ring (bicyclic) bond motifs is 1. The summed E-state index contributed by atoms with van der Waals surface area (Å²) in [4.78, 5) is 17.6. The normalized spacial score (nSPS) is 14.0. The highest BCUT2D eigenvalue weighted by atomic mass is 16.2. The predicted molar refractivity (Wildman–Crippen MR) is 107 cm³/mol. The number of rotatable bonds is 2. The summed E-state index contributed by atoms with van der Waals surface area (Å²) < 4.78 is 1.86. The molecule has 138 valence electrons.